The fourth-order valence-electron chi connectivity index (χ4n) is 2.19. The first-order valence-corrected chi connectivity index (χ1v) is 7.59. The fourth-order valence-corrected chi connectivity index (χ4v) is 3.20. The molecule has 6 heteroatoms. The van der Waals surface area contributed by atoms with E-state index in [2.05, 4.69) is 37.5 Å². The Morgan fingerprint density at radius 2 is 1.95 bits per heavy atom. The van der Waals surface area contributed by atoms with Crippen LogP contribution in [0.5, 0.6) is 11.6 Å². The predicted molar refractivity (Wildman–Crippen MR) is 84.8 cm³/mol. The van der Waals surface area contributed by atoms with Crippen molar-refractivity contribution in [2.24, 2.45) is 0 Å². The van der Waals surface area contributed by atoms with Gasteiger partial charge in [-0.15, -0.1) is 0 Å². The summed E-state index contributed by atoms with van der Waals surface area (Å²) < 4.78 is 7.79. The van der Waals surface area contributed by atoms with Crippen molar-refractivity contribution < 1.29 is 4.74 Å². The smallest absolute Gasteiger partial charge is 0.239 e. The number of hydrogen-bond acceptors (Lipinski definition) is 6. The number of benzene rings is 1. The van der Waals surface area contributed by atoms with Crippen LogP contribution < -0.4 is 9.04 Å². The van der Waals surface area contributed by atoms with Crippen molar-refractivity contribution in [3.63, 3.8) is 0 Å². The van der Waals surface area contributed by atoms with Gasteiger partial charge in [-0.25, -0.2) is 0 Å². The van der Waals surface area contributed by atoms with Gasteiger partial charge in [0.25, 0.3) is 0 Å². The average Bonchev–Trinajstić information content (AvgIpc) is 3.00. The lowest BCUT2D eigenvalue weighted by Crippen LogP contribution is -2.09. The summed E-state index contributed by atoms with van der Waals surface area (Å²) in [4.78, 5) is 14.0. The fraction of sp³-hybridized carbons (Fsp3) is 0.0625. The number of hydrogen-bond donors (Lipinski definition) is 0. The highest BCUT2D eigenvalue weighted by Crippen LogP contribution is 2.38. The third-order valence-electron chi connectivity index (χ3n) is 3.21. The highest BCUT2D eigenvalue weighted by Gasteiger charge is 2.21. The van der Waals surface area contributed by atoms with Crippen LogP contribution in [0.2, 0.25) is 0 Å². The molecule has 108 valence electrons. The Bertz CT molecular complexity index is 772. The average molecular weight is 308 g/mol. The molecule has 4 rings (SSSR count). The summed E-state index contributed by atoms with van der Waals surface area (Å²) in [7, 11) is 0. The summed E-state index contributed by atoms with van der Waals surface area (Å²) in [6, 6.07) is 12.0. The lowest BCUT2D eigenvalue weighted by atomic mass is 10.2. The van der Waals surface area contributed by atoms with E-state index in [0.29, 0.717) is 11.6 Å². The molecular weight excluding hydrogens is 296 g/mol. The van der Waals surface area contributed by atoms with Crippen molar-refractivity contribution in [2.75, 3.05) is 4.31 Å². The van der Waals surface area contributed by atoms with E-state index >= 15 is 0 Å². The second-order valence-corrected chi connectivity index (χ2v) is 5.81. The van der Waals surface area contributed by atoms with Gasteiger partial charge in [0.2, 0.25) is 5.88 Å². The maximum Gasteiger partial charge on any atom is 0.239 e. The van der Waals surface area contributed by atoms with E-state index in [0.717, 1.165) is 12.4 Å². The number of nitrogens with zero attached hydrogens (tertiary/aromatic N) is 4. The molecule has 0 spiro atoms. The Morgan fingerprint density at radius 3 is 2.82 bits per heavy atom. The largest absolute Gasteiger partial charge is 0.436 e. The lowest BCUT2D eigenvalue weighted by Gasteiger charge is -2.14. The first-order chi connectivity index (χ1) is 10.9. The Kier molecular flexibility index (Phi) is 3.36. The highest BCUT2D eigenvalue weighted by atomic mass is 32.2. The number of aromatic nitrogens is 3. The van der Waals surface area contributed by atoms with Crippen molar-refractivity contribution in [3.05, 3.63) is 66.7 Å². The maximum atomic E-state index is 5.68. The van der Waals surface area contributed by atoms with Crippen LogP contribution in [-0.4, -0.2) is 15.0 Å². The van der Waals surface area contributed by atoms with E-state index in [1.165, 1.54) is 10.5 Å². The molecule has 0 atom stereocenters. The highest BCUT2D eigenvalue weighted by molar-refractivity contribution is 8.01. The van der Waals surface area contributed by atoms with Gasteiger partial charge in [-0.05, 0) is 35.7 Å². The maximum absolute atomic E-state index is 5.68. The van der Waals surface area contributed by atoms with Crippen molar-refractivity contribution >= 4 is 17.8 Å². The zero-order chi connectivity index (χ0) is 14.8. The van der Waals surface area contributed by atoms with Crippen molar-refractivity contribution in [1.82, 2.24) is 15.0 Å². The first-order valence-electron chi connectivity index (χ1n) is 6.82. The van der Waals surface area contributed by atoms with Crippen LogP contribution >= 0.6 is 11.9 Å². The molecule has 3 aromatic rings. The van der Waals surface area contributed by atoms with Crippen molar-refractivity contribution in [2.45, 2.75) is 11.4 Å². The molecule has 22 heavy (non-hydrogen) atoms. The molecule has 0 radical (unpaired) electrons. The second-order valence-electron chi connectivity index (χ2n) is 4.74. The van der Waals surface area contributed by atoms with E-state index in [4.69, 9.17) is 4.74 Å². The zero-order valence-electron chi connectivity index (χ0n) is 11.6. The topological polar surface area (TPSA) is 51.1 Å². The molecule has 0 amide bonds. The summed E-state index contributed by atoms with van der Waals surface area (Å²) in [5.41, 5.74) is 1.30. The van der Waals surface area contributed by atoms with Gasteiger partial charge >= 0.3 is 0 Å². The molecule has 0 bridgehead atoms. The molecule has 0 unspecified atom stereocenters. The Labute approximate surface area is 132 Å². The van der Waals surface area contributed by atoms with Crippen LogP contribution in [0.1, 0.15) is 5.56 Å². The van der Waals surface area contributed by atoms with Gasteiger partial charge < -0.3 is 4.74 Å². The molecule has 0 saturated heterocycles. The van der Waals surface area contributed by atoms with E-state index < -0.39 is 0 Å². The number of anilines is 1. The van der Waals surface area contributed by atoms with Crippen LogP contribution in [0.25, 0.3) is 0 Å². The van der Waals surface area contributed by atoms with Gasteiger partial charge in [0.05, 0.1) is 25.1 Å². The molecular formula is C16H12N4OS. The molecule has 1 aliphatic heterocycles. The number of fused-ring (bicyclic) bond motifs is 1. The van der Waals surface area contributed by atoms with Crippen LogP contribution in [0.4, 0.5) is 5.82 Å². The molecule has 2 aromatic heterocycles. The summed E-state index contributed by atoms with van der Waals surface area (Å²) >= 11 is 1.67. The summed E-state index contributed by atoms with van der Waals surface area (Å²) in [6.07, 6.45) is 6.70. The van der Waals surface area contributed by atoms with E-state index in [-0.39, 0.29) is 0 Å². The summed E-state index contributed by atoms with van der Waals surface area (Å²) in [5, 5.41) is 0. The van der Waals surface area contributed by atoms with Gasteiger partial charge in [-0.1, -0.05) is 18.2 Å². The number of ether oxygens (including phenoxy) is 1. The molecule has 1 aromatic carbocycles. The minimum atomic E-state index is 0.460. The quantitative estimate of drug-likeness (QED) is 0.688. The first kappa shape index (κ1) is 13.1. The Balaban J connectivity index is 1.56. The van der Waals surface area contributed by atoms with Gasteiger partial charge in [0.15, 0.2) is 5.82 Å². The Hall–Kier alpha value is -2.60. The molecule has 0 aliphatic carbocycles. The predicted octanol–water partition coefficient (Wildman–Crippen LogP) is 3.69. The van der Waals surface area contributed by atoms with Gasteiger partial charge in [-0.2, -0.15) is 4.98 Å². The number of rotatable bonds is 3. The van der Waals surface area contributed by atoms with Crippen LogP contribution in [0, 0.1) is 0 Å². The molecule has 0 fully saturated rings. The second kappa shape index (κ2) is 5.65. The minimum absolute atomic E-state index is 0.460. The standard InChI is InChI=1S/C16H12N4OS/c1-2-6-14-12(4-1)11-20(22-14)15-9-18-10-16(19-15)21-13-5-3-7-17-8-13/h1-10H,11H2. The zero-order valence-corrected chi connectivity index (χ0v) is 12.4. The third-order valence-corrected chi connectivity index (χ3v) is 4.34. The summed E-state index contributed by atoms with van der Waals surface area (Å²) in [6.45, 7) is 0.811. The molecule has 0 N–H and O–H groups in total. The Morgan fingerprint density at radius 1 is 1.00 bits per heavy atom. The van der Waals surface area contributed by atoms with E-state index in [1.807, 2.05) is 18.2 Å². The molecule has 3 heterocycles. The van der Waals surface area contributed by atoms with Crippen LogP contribution in [-0.2, 0) is 6.54 Å². The summed E-state index contributed by atoms with van der Waals surface area (Å²) in [5.74, 6) is 1.89. The monoisotopic (exact) mass is 308 g/mol. The number of pyridine rings is 1. The van der Waals surface area contributed by atoms with Gasteiger partial charge in [-0.3, -0.25) is 14.3 Å². The van der Waals surface area contributed by atoms with E-state index in [9.17, 15) is 0 Å². The van der Waals surface area contributed by atoms with Crippen LogP contribution in [0.3, 0.4) is 0 Å². The van der Waals surface area contributed by atoms with Gasteiger partial charge in [0.1, 0.15) is 5.75 Å². The van der Waals surface area contributed by atoms with Crippen LogP contribution in [0.15, 0.2) is 66.1 Å². The van der Waals surface area contributed by atoms with Crippen molar-refractivity contribution in [1.29, 1.82) is 0 Å². The molecule has 0 saturated carbocycles. The normalized spacial score (nSPS) is 13.0. The SMILES string of the molecule is c1cncc(Oc2cncc(N3Cc4ccccc4S3)n2)c1. The van der Waals surface area contributed by atoms with Gasteiger partial charge in [0, 0.05) is 11.1 Å². The minimum Gasteiger partial charge on any atom is -0.436 e. The molecule has 5 nitrogen and oxygen atoms in total. The molecule has 1 aliphatic rings. The van der Waals surface area contributed by atoms with E-state index in [1.54, 1.807) is 36.7 Å². The van der Waals surface area contributed by atoms with Crippen molar-refractivity contribution in [3.8, 4) is 11.6 Å². The third kappa shape index (κ3) is 2.60. The lowest BCUT2D eigenvalue weighted by molar-refractivity contribution is 0.458.